The molecule has 0 aliphatic heterocycles. The van der Waals surface area contributed by atoms with Gasteiger partial charge in [0, 0.05) is 30.3 Å². The molecule has 1 aliphatic carbocycles. The molecule has 0 saturated heterocycles. The molecule has 2 aromatic carbocycles. The topological polar surface area (TPSA) is 77.1 Å². The molecule has 0 amide bonds. The van der Waals surface area contributed by atoms with Gasteiger partial charge >= 0.3 is 0 Å². The first-order chi connectivity index (χ1) is 13.6. The summed E-state index contributed by atoms with van der Waals surface area (Å²) in [5, 5.41) is 15.5. The van der Waals surface area contributed by atoms with Gasteiger partial charge in [-0.1, -0.05) is 43.3 Å². The maximum atomic E-state index is 11.0. The van der Waals surface area contributed by atoms with E-state index in [0.29, 0.717) is 24.1 Å². The SMILES string of the molecule is CCc1ccc(CN(Cn2cnc(-c3cccc([N+](=O)[O-])c3)n2)C2CC2)cc1. The molecule has 0 radical (unpaired) electrons. The van der Waals surface area contributed by atoms with Gasteiger partial charge in [0.15, 0.2) is 5.82 Å². The Balaban J connectivity index is 1.48. The summed E-state index contributed by atoms with van der Waals surface area (Å²) >= 11 is 0. The van der Waals surface area contributed by atoms with Crippen molar-refractivity contribution in [1.82, 2.24) is 19.7 Å². The average Bonchev–Trinajstić information content (AvgIpc) is 3.47. The summed E-state index contributed by atoms with van der Waals surface area (Å²) in [7, 11) is 0. The third kappa shape index (κ3) is 4.26. The van der Waals surface area contributed by atoms with Crippen LogP contribution in [0, 0.1) is 10.1 Å². The molecule has 1 heterocycles. The minimum absolute atomic E-state index is 0.0454. The molecular weight excluding hydrogens is 354 g/mol. The van der Waals surface area contributed by atoms with Crippen molar-refractivity contribution in [3.63, 3.8) is 0 Å². The molecule has 0 N–H and O–H groups in total. The zero-order valence-corrected chi connectivity index (χ0v) is 15.9. The third-order valence-electron chi connectivity index (χ3n) is 5.06. The molecule has 1 fully saturated rings. The number of hydrogen-bond acceptors (Lipinski definition) is 5. The van der Waals surface area contributed by atoms with Crippen molar-refractivity contribution >= 4 is 5.69 Å². The van der Waals surface area contributed by atoms with Crippen LogP contribution in [0.5, 0.6) is 0 Å². The van der Waals surface area contributed by atoms with Crippen LogP contribution in [-0.2, 0) is 19.6 Å². The highest BCUT2D eigenvalue weighted by atomic mass is 16.6. The van der Waals surface area contributed by atoms with Gasteiger partial charge in [0.05, 0.1) is 11.6 Å². The molecule has 7 heteroatoms. The first-order valence-corrected chi connectivity index (χ1v) is 9.58. The van der Waals surface area contributed by atoms with E-state index >= 15 is 0 Å². The van der Waals surface area contributed by atoms with E-state index in [0.717, 1.165) is 13.0 Å². The normalized spacial score (nSPS) is 13.8. The van der Waals surface area contributed by atoms with Crippen LogP contribution in [0.2, 0.25) is 0 Å². The van der Waals surface area contributed by atoms with E-state index in [2.05, 4.69) is 46.2 Å². The number of nitro groups is 1. The summed E-state index contributed by atoms with van der Waals surface area (Å²) in [6, 6.07) is 15.8. The number of benzene rings is 2. The first-order valence-electron chi connectivity index (χ1n) is 9.58. The Hall–Kier alpha value is -3.06. The van der Waals surface area contributed by atoms with E-state index < -0.39 is 4.92 Å². The molecule has 1 aliphatic rings. The Kier molecular flexibility index (Phi) is 5.16. The molecule has 1 saturated carbocycles. The van der Waals surface area contributed by atoms with Crippen LogP contribution < -0.4 is 0 Å². The van der Waals surface area contributed by atoms with E-state index in [1.54, 1.807) is 18.5 Å². The van der Waals surface area contributed by atoms with Gasteiger partial charge in [-0.15, -0.1) is 5.10 Å². The van der Waals surface area contributed by atoms with Gasteiger partial charge in [-0.05, 0) is 30.4 Å². The second-order valence-electron chi connectivity index (χ2n) is 7.20. The van der Waals surface area contributed by atoms with Gasteiger partial charge in [0.1, 0.15) is 6.33 Å². The van der Waals surface area contributed by atoms with Crippen LogP contribution in [0.3, 0.4) is 0 Å². The summed E-state index contributed by atoms with van der Waals surface area (Å²) in [6.07, 6.45) is 5.16. The Morgan fingerprint density at radius 2 is 1.93 bits per heavy atom. The van der Waals surface area contributed by atoms with E-state index in [1.807, 2.05) is 4.68 Å². The fraction of sp³-hybridized carbons (Fsp3) is 0.333. The second-order valence-corrected chi connectivity index (χ2v) is 7.20. The summed E-state index contributed by atoms with van der Waals surface area (Å²) < 4.78 is 1.81. The van der Waals surface area contributed by atoms with Gasteiger partial charge < -0.3 is 0 Å². The lowest BCUT2D eigenvalue weighted by Gasteiger charge is -2.21. The largest absolute Gasteiger partial charge is 0.277 e. The standard InChI is InChI=1S/C21H23N5O2/c1-2-16-6-8-17(9-7-16)13-24(19-10-11-19)15-25-14-22-21(23-25)18-4-3-5-20(12-18)26(27)28/h3-9,12,14,19H,2,10-11,13,15H2,1H3. The molecule has 7 nitrogen and oxygen atoms in total. The van der Waals surface area contributed by atoms with Crippen molar-refractivity contribution in [2.45, 2.75) is 45.4 Å². The van der Waals surface area contributed by atoms with Crippen molar-refractivity contribution in [3.8, 4) is 11.4 Å². The highest BCUT2D eigenvalue weighted by Gasteiger charge is 2.29. The zero-order chi connectivity index (χ0) is 19.5. The van der Waals surface area contributed by atoms with E-state index in [-0.39, 0.29) is 5.69 Å². The number of aromatic nitrogens is 3. The number of nitro benzene ring substituents is 1. The fourth-order valence-electron chi connectivity index (χ4n) is 3.29. The molecule has 1 aromatic heterocycles. The molecule has 0 bridgehead atoms. The van der Waals surface area contributed by atoms with Gasteiger partial charge in [-0.3, -0.25) is 15.0 Å². The van der Waals surface area contributed by atoms with E-state index in [4.69, 9.17) is 0 Å². The van der Waals surface area contributed by atoms with Crippen molar-refractivity contribution in [2.24, 2.45) is 0 Å². The van der Waals surface area contributed by atoms with Crippen LogP contribution in [0.1, 0.15) is 30.9 Å². The summed E-state index contributed by atoms with van der Waals surface area (Å²) in [5.41, 5.74) is 3.34. The maximum absolute atomic E-state index is 11.0. The molecule has 0 spiro atoms. The van der Waals surface area contributed by atoms with Crippen LogP contribution in [0.4, 0.5) is 5.69 Å². The third-order valence-corrected chi connectivity index (χ3v) is 5.06. The Morgan fingerprint density at radius 1 is 1.18 bits per heavy atom. The number of nitrogens with zero attached hydrogens (tertiary/aromatic N) is 5. The molecule has 4 rings (SSSR count). The minimum Gasteiger partial charge on any atom is -0.277 e. The summed E-state index contributed by atoms with van der Waals surface area (Å²) in [4.78, 5) is 17.3. The van der Waals surface area contributed by atoms with Gasteiger partial charge in [0.25, 0.3) is 5.69 Å². The number of non-ortho nitro benzene ring substituents is 1. The lowest BCUT2D eigenvalue weighted by molar-refractivity contribution is -0.384. The van der Waals surface area contributed by atoms with Crippen LogP contribution in [0.15, 0.2) is 54.9 Å². The number of aryl methyl sites for hydroxylation is 1. The molecule has 0 unspecified atom stereocenters. The Morgan fingerprint density at radius 3 is 2.61 bits per heavy atom. The summed E-state index contributed by atoms with van der Waals surface area (Å²) in [6.45, 7) is 3.69. The fourth-order valence-corrected chi connectivity index (χ4v) is 3.29. The molecule has 144 valence electrons. The van der Waals surface area contributed by atoms with Crippen LogP contribution >= 0.6 is 0 Å². The van der Waals surface area contributed by atoms with Crippen molar-refractivity contribution in [1.29, 1.82) is 0 Å². The smallest absolute Gasteiger partial charge is 0.270 e. The Bertz CT molecular complexity index is 963. The quantitative estimate of drug-likeness (QED) is 0.437. The van der Waals surface area contributed by atoms with Crippen LogP contribution in [-0.4, -0.2) is 30.6 Å². The Labute approximate surface area is 163 Å². The van der Waals surface area contributed by atoms with Crippen LogP contribution in [0.25, 0.3) is 11.4 Å². The lowest BCUT2D eigenvalue weighted by atomic mass is 10.1. The molecule has 3 aromatic rings. The lowest BCUT2D eigenvalue weighted by Crippen LogP contribution is -2.28. The highest BCUT2D eigenvalue weighted by molar-refractivity contribution is 5.58. The van der Waals surface area contributed by atoms with Gasteiger partial charge in [0.2, 0.25) is 0 Å². The van der Waals surface area contributed by atoms with Crippen molar-refractivity contribution in [3.05, 3.63) is 76.1 Å². The highest BCUT2D eigenvalue weighted by Crippen LogP contribution is 2.29. The molecular formula is C21H23N5O2. The first kappa shape index (κ1) is 18.3. The maximum Gasteiger partial charge on any atom is 0.270 e. The zero-order valence-electron chi connectivity index (χ0n) is 15.9. The molecule has 0 atom stereocenters. The predicted octanol–water partition coefficient (Wildman–Crippen LogP) is 4.04. The molecule has 28 heavy (non-hydrogen) atoms. The summed E-state index contributed by atoms with van der Waals surface area (Å²) in [5.74, 6) is 0.506. The van der Waals surface area contributed by atoms with Gasteiger partial charge in [-0.25, -0.2) is 9.67 Å². The monoisotopic (exact) mass is 377 g/mol. The van der Waals surface area contributed by atoms with E-state index in [1.165, 1.54) is 36.1 Å². The number of rotatable bonds is 8. The van der Waals surface area contributed by atoms with Crippen molar-refractivity contribution in [2.75, 3.05) is 0 Å². The van der Waals surface area contributed by atoms with Crippen molar-refractivity contribution < 1.29 is 4.92 Å². The predicted molar refractivity (Wildman–Crippen MR) is 106 cm³/mol. The van der Waals surface area contributed by atoms with Gasteiger partial charge in [-0.2, -0.15) is 0 Å². The number of hydrogen-bond donors (Lipinski definition) is 0. The van der Waals surface area contributed by atoms with E-state index in [9.17, 15) is 10.1 Å². The minimum atomic E-state index is -0.404. The second kappa shape index (κ2) is 7.90. The average molecular weight is 377 g/mol.